The van der Waals surface area contributed by atoms with E-state index in [0.717, 1.165) is 6.67 Å². The first-order valence-electron chi connectivity index (χ1n) is 10.0. The Balaban J connectivity index is 1.52. The molecule has 12 heteroatoms. The number of rotatable bonds is 6. The van der Waals surface area contributed by atoms with Gasteiger partial charge in [-0.1, -0.05) is 0 Å². The first-order chi connectivity index (χ1) is 15.2. The third-order valence-corrected chi connectivity index (χ3v) is 6.29. The Morgan fingerprint density at radius 2 is 1.22 bits per heavy atom. The summed E-state index contributed by atoms with van der Waals surface area (Å²) in [4.78, 5) is 25.3. The molecule has 6 rings (SSSR count). The number of piperidine rings is 2. The zero-order valence-corrected chi connectivity index (χ0v) is 16.8. The minimum absolute atomic E-state index is 0.0987. The van der Waals surface area contributed by atoms with Gasteiger partial charge in [0, 0.05) is 50.4 Å². The second kappa shape index (κ2) is 7.21. The van der Waals surface area contributed by atoms with Crippen molar-refractivity contribution in [1.82, 2.24) is 9.80 Å². The van der Waals surface area contributed by atoms with Crippen molar-refractivity contribution in [2.75, 3.05) is 32.8 Å². The lowest BCUT2D eigenvalue weighted by atomic mass is 9.76. The second-order valence-electron chi connectivity index (χ2n) is 8.35. The quantitative estimate of drug-likeness (QED) is 0.384. The van der Waals surface area contributed by atoms with Gasteiger partial charge >= 0.3 is 11.4 Å². The number of aromatic hydroxyl groups is 2. The van der Waals surface area contributed by atoms with Gasteiger partial charge in [-0.05, 0) is 12.1 Å². The van der Waals surface area contributed by atoms with Crippen molar-refractivity contribution in [3.8, 4) is 23.0 Å². The monoisotopic (exact) mass is 444 g/mol. The molecule has 12 nitrogen and oxygen atoms in total. The van der Waals surface area contributed by atoms with Gasteiger partial charge in [0.15, 0.2) is 11.5 Å². The zero-order valence-electron chi connectivity index (χ0n) is 16.8. The van der Waals surface area contributed by atoms with Crippen LogP contribution in [0.3, 0.4) is 0 Å². The summed E-state index contributed by atoms with van der Waals surface area (Å²) in [6.07, 6.45) is 0. The average molecular weight is 444 g/mol. The Morgan fingerprint density at radius 3 is 1.56 bits per heavy atom. The molecule has 2 aromatic carbocycles. The van der Waals surface area contributed by atoms with Crippen LogP contribution < -0.4 is 9.47 Å². The lowest BCUT2D eigenvalue weighted by molar-refractivity contribution is -0.386. The Kier molecular flexibility index (Phi) is 4.57. The molecule has 168 valence electrons. The topological polar surface area (TPSA) is 152 Å². The Bertz CT molecular complexity index is 1010. The van der Waals surface area contributed by atoms with Gasteiger partial charge in [0.1, 0.15) is 11.5 Å². The lowest BCUT2D eigenvalue weighted by Crippen LogP contribution is -2.76. The van der Waals surface area contributed by atoms with Gasteiger partial charge in [0.25, 0.3) is 5.79 Å². The number of nitrogens with zero attached hydrogens (tertiary/aromatic N) is 4. The number of benzene rings is 2. The molecule has 4 heterocycles. The van der Waals surface area contributed by atoms with Crippen molar-refractivity contribution in [2.24, 2.45) is 11.8 Å². The highest BCUT2D eigenvalue weighted by molar-refractivity contribution is 5.51. The van der Waals surface area contributed by atoms with Gasteiger partial charge < -0.3 is 19.7 Å². The first-order valence-corrected chi connectivity index (χ1v) is 10.0. The summed E-state index contributed by atoms with van der Waals surface area (Å²) in [7, 11) is 0. The van der Waals surface area contributed by atoms with Crippen LogP contribution in [0, 0.1) is 32.1 Å². The van der Waals surface area contributed by atoms with E-state index in [1.165, 1.54) is 36.4 Å². The van der Waals surface area contributed by atoms with Crippen molar-refractivity contribution in [3.05, 3.63) is 56.6 Å². The number of hydrogen-bond acceptors (Lipinski definition) is 10. The highest BCUT2D eigenvalue weighted by Crippen LogP contribution is 2.47. The van der Waals surface area contributed by atoms with Crippen LogP contribution in [0.1, 0.15) is 0 Å². The van der Waals surface area contributed by atoms with Crippen molar-refractivity contribution >= 4 is 11.4 Å². The maximum absolute atomic E-state index is 11.0. The molecule has 4 saturated heterocycles. The van der Waals surface area contributed by atoms with Crippen LogP contribution in [0.4, 0.5) is 11.4 Å². The highest BCUT2D eigenvalue weighted by atomic mass is 16.7. The van der Waals surface area contributed by atoms with Crippen molar-refractivity contribution in [1.29, 1.82) is 0 Å². The molecule has 0 unspecified atom stereocenters. The first kappa shape index (κ1) is 20.3. The third-order valence-electron chi connectivity index (χ3n) is 6.29. The number of phenolic OH excluding ortho intramolecular Hbond substituents is 2. The minimum atomic E-state index is -1.18. The molecule has 32 heavy (non-hydrogen) atoms. The summed E-state index contributed by atoms with van der Waals surface area (Å²) in [5.41, 5.74) is -0.871. The average Bonchev–Trinajstić information content (AvgIpc) is 2.71. The molecule has 0 atom stereocenters. The maximum Gasteiger partial charge on any atom is 0.310 e. The number of hydrogen-bond donors (Lipinski definition) is 2. The largest absolute Gasteiger partial charge is 0.502 e. The molecule has 2 aromatic rings. The van der Waals surface area contributed by atoms with Crippen LogP contribution in [-0.4, -0.2) is 68.5 Å². The fourth-order valence-electron chi connectivity index (χ4n) is 5.03. The summed E-state index contributed by atoms with van der Waals surface area (Å²) < 4.78 is 12.7. The Hall–Kier alpha value is -3.64. The predicted octanol–water partition coefficient (Wildman–Crippen LogP) is 1.90. The second-order valence-corrected chi connectivity index (χ2v) is 8.35. The summed E-state index contributed by atoms with van der Waals surface area (Å²) in [6.45, 7) is 3.66. The number of nitro groups is 2. The van der Waals surface area contributed by atoms with Gasteiger partial charge in [0.05, 0.1) is 28.4 Å². The van der Waals surface area contributed by atoms with E-state index in [1.54, 1.807) is 0 Å². The molecule has 4 aliphatic heterocycles. The fraction of sp³-hybridized carbons (Fsp3) is 0.400. The maximum atomic E-state index is 11.0. The summed E-state index contributed by atoms with van der Waals surface area (Å²) in [5, 5.41) is 42.2. The van der Waals surface area contributed by atoms with Crippen molar-refractivity contribution in [3.63, 3.8) is 0 Å². The smallest absolute Gasteiger partial charge is 0.310 e. The molecule has 2 N–H and O–H groups in total. The molecule has 4 bridgehead atoms. The van der Waals surface area contributed by atoms with Crippen molar-refractivity contribution in [2.45, 2.75) is 5.79 Å². The van der Waals surface area contributed by atoms with E-state index >= 15 is 0 Å². The van der Waals surface area contributed by atoms with Crippen LogP contribution >= 0.6 is 0 Å². The van der Waals surface area contributed by atoms with E-state index in [-0.39, 0.29) is 23.3 Å². The van der Waals surface area contributed by atoms with E-state index in [0.29, 0.717) is 26.2 Å². The van der Waals surface area contributed by atoms with Crippen molar-refractivity contribution < 1.29 is 29.5 Å². The molecule has 0 aliphatic carbocycles. The standard InChI is InChI=1S/C20H20N4O8/c25-18-5-14(1-3-16(18)23(27)28)31-20(12-7-21-9-13(20)10-22(8-12)11-21)32-15-2-4-17(24(29)30)19(26)6-15/h1-6,12-13,25-26H,7-11H2/t12-,13-. The van der Waals surface area contributed by atoms with Gasteiger partial charge in [0.2, 0.25) is 0 Å². The van der Waals surface area contributed by atoms with Crippen LogP contribution in [0.15, 0.2) is 36.4 Å². The summed E-state index contributed by atoms with van der Waals surface area (Å²) in [6, 6.07) is 7.51. The SMILES string of the molecule is O=[N+]([O-])c1ccc(OC2(Oc3ccc([N+](=O)[O-])c(O)c3)[C@H]3C[N@]4C[C@H]2C[N@](C3)C4)cc1O. The number of nitro benzene ring substituents is 2. The van der Waals surface area contributed by atoms with E-state index in [1.807, 2.05) is 0 Å². The van der Waals surface area contributed by atoms with Gasteiger partial charge in [-0.3, -0.25) is 30.0 Å². The van der Waals surface area contributed by atoms with E-state index in [4.69, 9.17) is 9.47 Å². The number of ether oxygens (including phenoxy) is 2. The molecule has 4 aliphatic rings. The number of phenols is 2. The minimum Gasteiger partial charge on any atom is -0.502 e. The van der Waals surface area contributed by atoms with Crippen LogP contribution in [0.2, 0.25) is 0 Å². The molecule has 0 saturated carbocycles. The zero-order chi connectivity index (χ0) is 22.6. The van der Waals surface area contributed by atoms with E-state index < -0.39 is 38.5 Å². The molecule has 4 fully saturated rings. The summed E-state index contributed by atoms with van der Waals surface area (Å²) in [5.74, 6) is -2.01. The molecule has 0 amide bonds. The van der Waals surface area contributed by atoms with Crippen LogP contribution in [0.5, 0.6) is 23.0 Å². The Morgan fingerprint density at radius 1 is 0.812 bits per heavy atom. The molecule has 0 spiro atoms. The normalized spacial score (nSPS) is 27.1. The molecule has 0 radical (unpaired) electrons. The van der Waals surface area contributed by atoms with Gasteiger partial charge in [-0.25, -0.2) is 0 Å². The lowest BCUT2D eigenvalue weighted by Gasteiger charge is -2.61. The predicted molar refractivity (Wildman–Crippen MR) is 109 cm³/mol. The van der Waals surface area contributed by atoms with Crippen LogP contribution in [-0.2, 0) is 0 Å². The Labute approximate surface area is 181 Å². The highest BCUT2D eigenvalue weighted by Gasteiger charge is 2.60. The molecule has 0 aromatic heterocycles. The summed E-state index contributed by atoms with van der Waals surface area (Å²) >= 11 is 0. The van der Waals surface area contributed by atoms with Gasteiger partial charge in [-0.2, -0.15) is 0 Å². The molecular formula is C20H20N4O8. The fourth-order valence-corrected chi connectivity index (χ4v) is 5.03. The van der Waals surface area contributed by atoms with E-state index in [9.17, 15) is 30.4 Å². The van der Waals surface area contributed by atoms with E-state index in [2.05, 4.69) is 9.80 Å². The third kappa shape index (κ3) is 3.24. The van der Waals surface area contributed by atoms with Gasteiger partial charge in [-0.15, -0.1) is 0 Å². The van der Waals surface area contributed by atoms with Crippen LogP contribution in [0.25, 0.3) is 0 Å². The molecular weight excluding hydrogens is 424 g/mol.